The van der Waals surface area contributed by atoms with E-state index in [0.29, 0.717) is 18.3 Å². The van der Waals surface area contributed by atoms with E-state index in [2.05, 4.69) is 0 Å². The van der Waals surface area contributed by atoms with Crippen LogP contribution in [0.4, 0.5) is 0 Å². The molecule has 1 fully saturated rings. The van der Waals surface area contributed by atoms with E-state index in [-0.39, 0.29) is 5.91 Å². The molecule has 1 aliphatic rings. The molecular weight excluding hydrogens is 242 g/mol. The highest BCUT2D eigenvalue weighted by Gasteiger charge is 2.29. The minimum Gasteiger partial charge on any atom is -0.467 e. The fourth-order valence-corrected chi connectivity index (χ4v) is 2.69. The Morgan fingerprint density at radius 3 is 2.53 bits per heavy atom. The highest BCUT2D eigenvalue weighted by Crippen LogP contribution is 2.26. The van der Waals surface area contributed by atoms with Crippen LogP contribution in [0.3, 0.4) is 0 Å². The predicted molar refractivity (Wildman–Crippen MR) is 69.5 cm³/mol. The summed E-state index contributed by atoms with van der Waals surface area (Å²) in [6.45, 7) is 0.511. The first-order valence-corrected chi connectivity index (χ1v) is 6.71. The van der Waals surface area contributed by atoms with Crippen LogP contribution in [-0.2, 0) is 6.54 Å². The summed E-state index contributed by atoms with van der Waals surface area (Å²) in [6.07, 6.45) is 7.67. The normalized spacial score (nSPS) is 15.8. The first kappa shape index (κ1) is 12.1. The van der Waals surface area contributed by atoms with Crippen molar-refractivity contribution in [2.45, 2.75) is 38.3 Å². The standard InChI is InChI=1S/C15H17NO3/c17-15(14-8-4-10-19-14)16(12-5-1-2-6-12)11-13-7-3-9-18-13/h3-4,7-10,12H,1-2,5-6,11H2. The zero-order valence-electron chi connectivity index (χ0n) is 10.7. The summed E-state index contributed by atoms with van der Waals surface area (Å²) in [5.74, 6) is 1.17. The van der Waals surface area contributed by atoms with Gasteiger partial charge in [-0.2, -0.15) is 0 Å². The first-order valence-electron chi connectivity index (χ1n) is 6.71. The summed E-state index contributed by atoms with van der Waals surface area (Å²) in [6, 6.07) is 7.50. The van der Waals surface area contributed by atoms with Crippen LogP contribution in [0.15, 0.2) is 45.6 Å². The van der Waals surface area contributed by atoms with Gasteiger partial charge < -0.3 is 13.7 Å². The first-order chi connectivity index (χ1) is 9.34. The van der Waals surface area contributed by atoms with E-state index in [0.717, 1.165) is 18.6 Å². The van der Waals surface area contributed by atoms with E-state index >= 15 is 0 Å². The van der Waals surface area contributed by atoms with Crippen LogP contribution in [0, 0.1) is 0 Å². The number of hydrogen-bond donors (Lipinski definition) is 0. The lowest BCUT2D eigenvalue weighted by Gasteiger charge is -2.27. The number of furan rings is 2. The minimum absolute atomic E-state index is 0.0479. The van der Waals surface area contributed by atoms with Crippen molar-refractivity contribution in [2.75, 3.05) is 0 Å². The maximum Gasteiger partial charge on any atom is 0.290 e. The maximum atomic E-state index is 12.5. The van der Waals surface area contributed by atoms with Crippen molar-refractivity contribution in [1.82, 2.24) is 4.90 Å². The van der Waals surface area contributed by atoms with Crippen molar-refractivity contribution >= 4 is 5.91 Å². The Labute approximate surface area is 112 Å². The van der Waals surface area contributed by atoms with E-state index in [1.807, 2.05) is 17.0 Å². The van der Waals surface area contributed by atoms with Crippen LogP contribution in [0.2, 0.25) is 0 Å². The molecule has 3 rings (SSSR count). The van der Waals surface area contributed by atoms with Crippen LogP contribution in [0.25, 0.3) is 0 Å². The number of carbonyl (C=O) groups excluding carboxylic acids is 1. The average Bonchev–Trinajstić information content (AvgIpc) is 3.15. The third kappa shape index (κ3) is 2.57. The molecule has 1 aliphatic carbocycles. The summed E-state index contributed by atoms with van der Waals surface area (Å²) in [7, 11) is 0. The van der Waals surface area contributed by atoms with Gasteiger partial charge in [-0.15, -0.1) is 0 Å². The molecule has 0 N–H and O–H groups in total. The Balaban J connectivity index is 1.81. The fraction of sp³-hybridized carbons (Fsp3) is 0.400. The van der Waals surface area contributed by atoms with E-state index < -0.39 is 0 Å². The van der Waals surface area contributed by atoms with E-state index in [4.69, 9.17) is 8.83 Å². The molecule has 4 heteroatoms. The molecule has 19 heavy (non-hydrogen) atoms. The van der Waals surface area contributed by atoms with E-state index in [1.165, 1.54) is 19.1 Å². The van der Waals surface area contributed by atoms with Crippen LogP contribution >= 0.6 is 0 Å². The van der Waals surface area contributed by atoms with Crippen molar-refractivity contribution in [3.8, 4) is 0 Å². The Morgan fingerprint density at radius 2 is 1.89 bits per heavy atom. The number of rotatable bonds is 4. The third-order valence-corrected chi connectivity index (χ3v) is 3.66. The second-order valence-electron chi connectivity index (χ2n) is 4.93. The molecule has 2 aromatic rings. The fourth-order valence-electron chi connectivity index (χ4n) is 2.69. The molecule has 0 saturated heterocycles. The molecule has 0 bridgehead atoms. The second-order valence-corrected chi connectivity index (χ2v) is 4.93. The molecule has 2 heterocycles. The second kappa shape index (κ2) is 5.34. The SMILES string of the molecule is O=C(c1ccco1)N(Cc1ccco1)C1CCCC1. The van der Waals surface area contributed by atoms with Gasteiger partial charge in [0.15, 0.2) is 5.76 Å². The van der Waals surface area contributed by atoms with Gasteiger partial charge in [0.2, 0.25) is 0 Å². The molecule has 0 aromatic carbocycles. The minimum atomic E-state index is -0.0479. The largest absolute Gasteiger partial charge is 0.467 e. The van der Waals surface area contributed by atoms with Crippen LogP contribution < -0.4 is 0 Å². The van der Waals surface area contributed by atoms with Crippen molar-refractivity contribution < 1.29 is 13.6 Å². The van der Waals surface area contributed by atoms with Crippen LogP contribution in [0.5, 0.6) is 0 Å². The lowest BCUT2D eigenvalue weighted by atomic mass is 10.2. The maximum absolute atomic E-state index is 12.5. The smallest absolute Gasteiger partial charge is 0.290 e. The lowest BCUT2D eigenvalue weighted by Crippen LogP contribution is -2.38. The number of hydrogen-bond acceptors (Lipinski definition) is 3. The summed E-state index contributed by atoms with van der Waals surface area (Å²) >= 11 is 0. The molecule has 4 nitrogen and oxygen atoms in total. The number of nitrogens with zero attached hydrogens (tertiary/aromatic N) is 1. The monoisotopic (exact) mass is 259 g/mol. The molecule has 0 unspecified atom stereocenters. The summed E-state index contributed by atoms with van der Waals surface area (Å²) in [5, 5.41) is 0. The number of amides is 1. The Kier molecular flexibility index (Phi) is 3.40. The summed E-state index contributed by atoms with van der Waals surface area (Å²) in [4.78, 5) is 14.4. The molecule has 0 radical (unpaired) electrons. The highest BCUT2D eigenvalue weighted by molar-refractivity contribution is 5.91. The molecule has 2 aromatic heterocycles. The Hall–Kier alpha value is -1.97. The van der Waals surface area contributed by atoms with Gasteiger partial charge in [-0.3, -0.25) is 4.79 Å². The molecular formula is C15H17NO3. The number of carbonyl (C=O) groups is 1. The molecule has 1 amide bonds. The van der Waals surface area contributed by atoms with Gasteiger partial charge >= 0.3 is 0 Å². The average molecular weight is 259 g/mol. The van der Waals surface area contributed by atoms with Gasteiger partial charge in [0, 0.05) is 6.04 Å². The third-order valence-electron chi connectivity index (χ3n) is 3.66. The van der Waals surface area contributed by atoms with Gasteiger partial charge in [0.1, 0.15) is 5.76 Å². The van der Waals surface area contributed by atoms with E-state index in [1.54, 1.807) is 18.4 Å². The van der Waals surface area contributed by atoms with Crippen molar-refractivity contribution in [1.29, 1.82) is 0 Å². The van der Waals surface area contributed by atoms with E-state index in [9.17, 15) is 4.79 Å². The van der Waals surface area contributed by atoms with Crippen molar-refractivity contribution in [3.63, 3.8) is 0 Å². The molecule has 0 atom stereocenters. The van der Waals surface area contributed by atoms with Gasteiger partial charge in [-0.05, 0) is 37.1 Å². The topological polar surface area (TPSA) is 46.6 Å². The molecule has 100 valence electrons. The predicted octanol–water partition coefficient (Wildman–Crippen LogP) is 3.46. The zero-order chi connectivity index (χ0) is 13.1. The van der Waals surface area contributed by atoms with Gasteiger partial charge in [-0.25, -0.2) is 0 Å². The van der Waals surface area contributed by atoms with Crippen LogP contribution in [-0.4, -0.2) is 16.8 Å². The molecule has 1 saturated carbocycles. The van der Waals surface area contributed by atoms with Crippen LogP contribution in [0.1, 0.15) is 42.0 Å². The highest BCUT2D eigenvalue weighted by atomic mass is 16.3. The quantitative estimate of drug-likeness (QED) is 0.844. The summed E-state index contributed by atoms with van der Waals surface area (Å²) < 4.78 is 10.6. The van der Waals surface area contributed by atoms with Crippen molar-refractivity contribution in [2.24, 2.45) is 0 Å². The van der Waals surface area contributed by atoms with Gasteiger partial charge in [0.25, 0.3) is 5.91 Å². The van der Waals surface area contributed by atoms with Crippen molar-refractivity contribution in [3.05, 3.63) is 48.3 Å². The zero-order valence-corrected chi connectivity index (χ0v) is 10.7. The Morgan fingerprint density at radius 1 is 1.16 bits per heavy atom. The molecule has 0 aliphatic heterocycles. The Bertz CT molecular complexity index is 510. The lowest BCUT2D eigenvalue weighted by molar-refractivity contribution is 0.0616. The van der Waals surface area contributed by atoms with Gasteiger partial charge in [-0.1, -0.05) is 12.8 Å². The molecule has 0 spiro atoms. The van der Waals surface area contributed by atoms with Gasteiger partial charge in [0.05, 0.1) is 19.1 Å². The summed E-state index contributed by atoms with van der Waals surface area (Å²) in [5.41, 5.74) is 0.